The maximum absolute atomic E-state index is 13.9. The Morgan fingerprint density at radius 1 is 1.13 bits per heavy atom. The van der Waals surface area contributed by atoms with Gasteiger partial charge in [-0.3, -0.25) is 9.47 Å². The third-order valence-corrected chi connectivity index (χ3v) is 8.88. The molecule has 8 nitrogen and oxygen atoms in total. The van der Waals surface area contributed by atoms with Gasteiger partial charge in [0.05, 0.1) is 17.3 Å². The van der Waals surface area contributed by atoms with Crippen molar-refractivity contribution in [3.8, 4) is 6.07 Å². The first-order valence-corrected chi connectivity index (χ1v) is 14.3. The molecule has 0 amide bonds. The third kappa shape index (κ3) is 4.70. The maximum atomic E-state index is 13.9. The van der Waals surface area contributed by atoms with Crippen molar-refractivity contribution in [3.05, 3.63) is 80.0 Å². The molecule has 3 aromatic heterocycles. The van der Waals surface area contributed by atoms with Crippen LogP contribution in [0.4, 0.5) is 10.2 Å². The summed E-state index contributed by atoms with van der Waals surface area (Å²) in [6.07, 6.45) is 3.24. The van der Waals surface area contributed by atoms with Crippen LogP contribution in [0.5, 0.6) is 0 Å². The van der Waals surface area contributed by atoms with Gasteiger partial charge in [-0.2, -0.15) is 10.2 Å². The van der Waals surface area contributed by atoms with Crippen molar-refractivity contribution < 1.29 is 4.39 Å². The molecule has 6 rings (SSSR count). The summed E-state index contributed by atoms with van der Waals surface area (Å²) < 4.78 is 15.4. The van der Waals surface area contributed by atoms with E-state index in [9.17, 15) is 14.4 Å². The van der Waals surface area contributed by atoms with Crippen LogP contribution in [0.1, 0.15) is 67.0 Å². The number of rotatable bonds is 6. The molecule has 10 heteroatoms. The van der Waals surface area contributed by atoms with Crippen LogP contribution >= 0.6 is 11.3 Å². The Labute approximate surface area is 230 Å². The molecule has 1 saturated heterocycles. The summed E-state index contributed by atoms with van der Waals surface area (Å²) in [5, 5.41) is 12.7. The highest BCUT2D eigenvalue weighted by atomic mass is 32.1. The van der Waals surface area contributed by atoms with E-state index in [1.165, 1.54) is 29.5 Å². The summed E-state index contributed by atoms with van der Waals surface area (Å²) in [6, 6.07) is 12.3. The van der Waals surface area contributed by atoms with E-state index in [-0.39, 0.29) is 35.3 Å². The van der Waals surface area contributed by atoms with Gasteiger partial charge in [0.15, 0.2) is 5.82 Å². The molecule has 1 saturated carbocycles. The molecule has 0 bridgehead atoms. The quantitative estimate of drug-likeness (QED) is 0.347. The normalized spacial score (nSPS) is 20.7. The first-order valence-electron chi connectivity index (χ1n) is 13.4. The van der Waals surface area contributed by atoms with Gasteiger partial charge in [0.2, 0.25) is 0 Å². The number of hydrogen-bond acceptors (Lipinski definition) is 8. The van der Waals surface area contributed by atoms with Crippen LogP contribution in [0.15, 0.2) is 46.6 Å². The number of hydrogen-bond donors (Lipinski definition) is 0. The van der Waals surface area contributed by atoms with Crippen LogP contribution in [0.3, 0.4) is 0 Å². The molecular formula is C29H30FN7OS. The Balaban J connectivity index is 1.40. The standard InChI is InChI=1S/C29H30FN7OS/c1-4-22-15-36(27-25-24(35(3)29(38)34-27)12-11-21(13-31)32-25)17(2)14-37(22)26(19-7-9-20(30)10-8-19)28-33-23(16-39-28)18-5-6-18/h7-12,16-18,22,26H,4-6,14-15H2,1-3H3/t17-,22+,26?/m0/s1. The highest BCUT2D eigenvalue weighted by Crippen LogP contribution is 2.43. The van der Waals surface area contributed by atoms with Crippen molar-refractivity contribution in [2.24, 2.45) is 7.05 Å². The minimum Gasteiger partial charge on any atom is -0.349 e. The second-order valence-corrected chi connectivity index (χ2v) is 11.4. The molecule has 4 aromatic rings. The predicted molar refractivity (Wildman–Crippen MR) is 149 cm³/mol. The van der Waals surface area contributed by atoms with Crippen molar-refractivity contribution >= 4 is 28.2 Å². The number of aromatic nitrogens is 4. The van der Waals surface area contributed by atoms with E-state index in [0.29, 0.717) is 35.9 Å². The van der Waals surface area contributed by atoms with Crippen LogP contribution < -0.4 is 10.6 Å². The van der Waals surface area contributed by atoms with Gasteiger partial charge < -0.3 is 4.90 Å². The second kappa shape index (κ2) is 10.1. The summed E-state index contributed by atoms with van der Waals surface area (Å²) >= 11 is 1.68. The van der Waals surface area contributed by atoms with Gasteiger partial charge in [-0.05, 0) is 56.0 Å². The number of anilines is 1. The number of fused-ring (bicyclic) bond motifs is 1. The topological polar surface area (TPSA) is 90.9 Å². The highest BCUT2D eigenvalue weighted by molar-refractivity contribution is 7.09. The van der Waals surface area contributed by atoms with Crippen LogP contribution in [-0.2, 0) is 7.05 Å². The van der Waals surface area contributed by atoms with Gasteiger partial charge in [-0.1, -0.05) is 19.1 Å². The Kier molecular flexibility index (Phi) is 6.65. The number of thiazole rings is 1. The Morgan fingerprint density at radius 3 is 2.59 bits per heavy atom. The zero-order chi connectivity index (χ0) is 27.3. The van der Waals surface area contributed by atoms with E-state index in [1.54, 1.807) is 30.5 Å². The van der Waals surface area contributed by atoms with Crippen LogP contribution in [0.2, 0.25) is 0 Å². The van der Waals surface area contributed by atoms with Crippen molar-refractivity contribution in [1.82, 2.24) is 24.4 Å². The van der Waals surface area contributed by atoms with Crippen LogP contribution in [0.25, 0.3) is 11.0 Å². The van der Waals surface area contributed by atoms with Crippen molar-refractivity contribution in [1.29, 1.82) is 5.26 Å². The molecule has 1 aromatic carbocycles. The van der Waals surface area contributed by atoms with Gasteiger partial charge in [0.1, 0.15) is 28.1 Å². The van der Waals surface area contributed by atoms with Crippen molar-refractivity contribution in [2.75, 3.05) is 18.0 Å². The van der Waals surface area contributed by atoms with Gasteiger partial charge >= 0.3 is 5.69 Å². The monoisotopic (exact) mass is 543 g/mol. The smallest absolute Gasteiger partial charge is 0.349 e. The third-order valence-electron chi connectivity index (χ3n) is 7.96. The first kappa shape index (κ1) is 25.6. The molecule has 1 unspecified atom stereocenters. The summed E-state index contributed by atoms with van der Waals surface area (Å²) in [7, 11) is 1.67. The number of benzene rings is 1. The minimum atomic E-state index is -0.355. The number of halogens is 1. The number of nitrogens with zero attached hydrogens (tertiary/aromatic N) is 7. The van der Waals surface area contributed by atoms with E-state index in [4.69, 9.17) is 4.98 Å². The fourth-order valence-corrected chi connectivity index (χ4v) is 6.67. The van der Waals surface area contributed by atoms with Crippen molar-refractivity contribution in [3.63, 3.8) is 0 Å². The zero-order valence-corrected chi connectivity index (χ0v) is 23.0. The van der Waals surface area contributed by atoms with Gasteiger partial charge in [-0.25, -0.2) is 19.2 Å². The van der Waals surface area contributed by atoms with E-state index in [0.717, 1.165) is 22.7 Å². The number of piperazine rings is 1. The molecule has 2 aliphatic rings. The summed E-state index contributed by atoms with van der Waals surface area (Å²) in [6.45, 7) is 5.60. The number of aryl methyl sites for hydroxylation is 1. The lowest BCUT2D eigenvalue weighted by molar-refractivity contribution is 0.115. The number of nitriles is 1. The first-order chi connectivity index (χ1) is 18.9. The molecule has 2 fully saturated rings. The zero-order valence-electron chi connectivity index (χ0n) is 22.2. The number of pyridine rings is 1. The summed E-state index contributed by atoms with van der Waals surface area (Å²) in [5.41, 5.74) is 3.31. The van der Waals surface area contributed by atoms with Crippen LogP contribution in [-0.4, -0.2) is 49.6 Å². The Morgan fingerprint density at radius 2 is 1.90 bits per heavy atom. The Bertz CT molecular complexity index is 1620. The van der Waals surface area contributed by atoms with Crippen LogP contribution in [0, 0.1) is 17.1 Å². The van der Waals surface area contributed by atoms with E-state index in [2.05, 4.69) is 45.1 Å². The maximum Gasteiger partial charge on any atom is 0.349 e. The highest BCUT2D eigenvalue weighted by Gasteiger charge is 2.39. The van der Waals surface area contributed by atoms with Gasteiger partial charge in [0, 0.05) is 43.5 Å². The molecular weight excluding hydrogens is 513 g/mol. The fraction of sp³-hybridized carbons (Fsp3) is 0.414. The molecule has 1 aliphatic carbocycles. The molecule has 1 aliphatic heterocycles. The van der Waals surface area contributed by atoms with E-state index >= 15 is 0 Å². The molecule has 0 spiro atoms. The molecule has 39 heavy (non-hydrogen) atoms. The molecule has 3 atom stereocenters. The fourth-order valence-electron chi connectivity index (χ4n) is 5.62. The summed E-state index contributed by atoms with van der Waals surface area (Å²) in [4.78, 5) is 31.5. The summed E-state index contributed by atoms with van der Waals surface area (Å²) in [5.74, 6) is 0.820. The Hall–Kier alpha value is -3.68. The minimum absolute atomic E-state index is 0.00559. The molecule has 200 valence electrons. The average Bonchev–Trinajstić information content (AvgIpc) is 3.69. The van der Waals surface area contributed by atoms with Crippen molar-refractivity contribution in [2.45, 2.75) is 57.2 Å². The molecule has 4 heterocycles. The lowest BCUT2D eigenvalue weighted by Crippen LogP contribution is -2.58. The lowest BCUT2D eigenvalue weighted by Gasteiger charge is -2.48. The van der Waals surface area contributed by atoms with Gasteiger partial charge in [0.25, 0.3) is 0 Å². The molecule has 0 N–H and O–H groups in total. The molecule has 0 radical (unpaired) electrons. The largest absolute Gasteiger partial charge is 0.349 e. The predicted octanol–water partition coefficient (Wildman–Crippen LogP) is 4.75. The van der Waals surface area contributed by atoms with E-state index in [1.807, 2.05) is 12.1 Å². The lowest BCUT2D eigenvalue weighted by atomic mass is 9.97. The average molecular weight is 544 g/mol. The van der Waals surface area contributed by atoms with Gasteiger partial charge in [-0.15, -0.1) is 11.3 Å². The van der Waals surface area contributed by atoms with E-state index < -0.39 is 0 Å². The SMILES string of the molecule is CC[C@@H]1CN(c2nc(=O)n(C)c3ccc(C#N)nc23)[C@@H](C)CN1C(c1ccc(F)cc1)c1nc(C2CC2)cs1. The second-order valence-electron chi connectivity index (χ2n) is 10.6.